The summed E-state index contributed by atoms with van der Waals surface area (Å²) in [7, 11) is 3.07. The summed E-state index contributed by atoms with van der Waals surface area (Å²) in [5.41, 5.74) is 1.23. The van der Waals surface area contributed by atoms with Crippen molar-refractivity contribution in [1.29, 1.82) is 0 Å². The van der Waals surface area contributed by atoms with Gasteiger partial charge in [-0.25, -0.2) is 4.98 Å². The molecule has 6 heteroatoms. The Bertz CT molecular complexity index is 921. The average molecular weight is 331 g/mol. The first-order valence-electron chi connectivity index (χ1n) is 7.00. The zero-order chi connectivity index (χ0) is 16.4. The average Bonchev–Trinajstić information content (AvgIpc) is 2.56. The molecule has 5 nitrogen and oxygen atoms in total. The van der Waals surface area contributed by atoms with Gasteiger partial charge in [0.05, 0.1) is 25.1 Å². The van der Waals surface area contributed by atoms with Crippen molar-refractivity contribution in [1.82, 2.24) is 9.97 Å². The molecule has 0 saturated carbocycles. The molecule has 0 aliphatic heterocycles. The second-order valence-corrected chi connectivity index (χ2v) is 5.41. The summed E-state index contributed by atoms with van der Waals surface area (Å²) in [4.78, 5) is 19.6. The van der Waals surface area contributed by atoms with Crippen LogP contribution in [0.5, 0.6) is 11.5 Å². The van der Waals surface area contributed by atoms with Crippen LogP contribution in [0.1, 0.15) is 11.4 Å². The second kappa shape index (κ2) is 6.30. The molecule has 0 bridgehead atoms. The third kappa shape index (κ3) is 3.00. The summed E-state index contributed by atoms with van der Waals surface area (Å²) < 4.78 is 10.5. The number of rotatable bonds is 4. The first kappa shape index (κ1) is 15.4. The molecule has 3 rings (SSSR count). The molecule has 1 N–H and O–H groups in total. The largest absolute Gasteiger partial charge is 0.493 e. The molecular weight excluding hydrogens is 316 g/mol. The molecule has 118 valence electrons. The minimum Gasteiger partial charge on any atom is -0.493 e. The molecule has 0 saturated heterocycles. The van der Waals surface area contributed by atoms with Gasteiger partial charge in [-0.2, -0.15) is 0 Å². The Morgan fingerprint density at radius 1 is 1.13 bits per heavy atom. The van der Waals surface area contributed by atoms with Crippen LogP contribution in [-0.4, -0.2) is 24.2 Å². The van der Waals surface area contributed by atoms with Crippen molar-refractivity contribution in [2.45, 2.75) is 6.42 Å². The first-order valence-corrected chi connectivity index (χ1v) is 7.38. The van der Waals surface area contributed by atoms with Crippen molar-refractivity contribution >= 4 is 22.5 Å². The second-order valence-electron chi connectivity index (χ2n) is 5.01. The molecule has 0 atom stereocenters. The van der Waals surface area contributed by atoms with E-state index in [0.717, 1.165) is 5.56 Å². The van der Waals surface area contributed by atoms with Crippen molar-refractivity contribution in [3.63, 3.8) is 0 Å². The Kier molecular flexibility index (Phi) is 4.21. The molecule has 0 radical (unpaired) electrons. The number of nitrogens with one attached hydrogen (secondary N) is 1. The number of fused-ring (bicyclic) bond motifs is 1. The van der Waals surface area contributed by atoms with E-state index in [0.29, 0.717) is 39.7 Å². The van der Waals surface area contributed by atoms with Crippen LogP contribution in [0.2, 0.25) is 5.02 Å². The van der Waals surface area contributed by atoms with E-state index < -0.39 is 0 Å². The van der Waals surface area contributed by atoms with Crippen molar-refractivity contribution in [2.75, 3.05) is 14.2 Å². The van der Waals surface area contributed by atoms with Gasteiger partial charge in [-0.3, -0.25) is 4.79 Å². The molecule has 1 aromatic heterocycles. The number of benzene rings is 2. The highest BCUT2D eigenvalue weighted by molar-refractivity contribution is 6.31. The summed E-state index contributed by atoms with van der Waals surface area (Å²) in [5.74, 6) is 1.57. The van der Waals surface area contributed by atoms with Crippen LogP contribution in [0.15, 0.2) is 41.2 Å². The third-order valence-electron chi connectivity index (χ3n) is 3.58. The van der Waals surface area contributed by atoms with Gasteiger partial charge >= 0.3 is 0 Å². The number of hydrogen-bond donors (Lipinski definition) is 1. The van der Waals surface area contributed by atoms with Gasteiger partial charge in [-0.15, -0.1) is 0 Å². The summed E-state index contributed by atoms with van der Waals surface area (Å²) in [6.45, 7) is 0. The number of ether oxygens (including phenoxy) is 2. The van der Waals surface area contributed by atoms with Gasteiger partial charge in [-0.1, -0.05) is 29.8 Å². The molecule has 0 fully saturated rings. The molecule has 0 aliphatic rings. The molecule has 0 spiro atoms. The monoisotopic (exact) mass is 330 g/mol. The topological polar surface area (TPSA) is 64.2 Å². The predicted molar refractivity (Wildman–Crippen MR) is 89.7 cm³/mol. The van der Waals surface area contributed by atoms with E-state index in [1.807, 2.05) is 24.3 Å². The van der Waals surface area contributed by atoms with Gasteiger partial charge in [0.2, 0.25) is 0 Å². The van der Waals surface area contributed by atoms with Crippen LogP contribution >= 0.6 is 11.6 Å². The lowest BCUT2D eigenvalue weighted by Gasteiger charge is -2.09. The zero-order valence-electron chi connectivity index (χ0n) is 12.7. The van der Waals surface area contributed by atoms with Crippen LogP contribution in [0, 0.1) is 0 Å². The summed E-state index contributed by atoms with van der Waals surface area (Å²) >= 11 is 6.16. The van der Waals surface area contributed by atoms with E-state index in [1.165, 1.54) is 7.11 Å². The number of nitrogens with zero attached hydrogens (tertiary/aromatic N) is 1. The smallest absolute Gasteiger partial charge is 0.258 e. The SMILES string of the molecule is COc1cc2nc(Cc3ccccc3Cl)[nH]c(=O)c2cc1OC. The number of aromatic amines is 1. The fourth-order valence-electron chi connectivity index (χ4n) is 2.42. The van der Waals surface area contributed by atoms with Crippen LogP contribution < -0.4 is 15.0 Å². The summed E-state index contributed by atoms with van der Waals surface area (Å²) in [6.07, 6.45) is 0.444. The number of aromatic nitrogens is 2. The fraction of sp³-hybridized carbons (Fsp3) is 0.176. The normalized spacial score (nSPS) is 10.7. The van der Waals surface area contributed by atoms with E-state index in [9.17, 15) is 4.79 Å². The third-order valence-corrected chi connectivity index (χ3v) is 3.94. The lowest BCUT2D eigenvalue weighted by Crippen LogP contribution is -2.12. The highest BCUT2D eigenvalue weighted by atomic mass is 35.5. The molecule has 2 aromatic carbocycles. The Morgan fingerprint density at radius 2 is 1.83 bits per heavy atom. The van der Waals surface area contributed by atoms with Crippen LogP contribution in [0.3, 0.4) is 0 Å². The van der Waals surface area contributed by atoms with E-state index in [1.54, 1.807) is 19.2 Å². The van der Waals surface area contributed by atoms with Crippen molar-refractivity contribution in [2.24, 2.45) is 0 Å². The Balaban J connectivity index is 2.10. The van der Waals surface area contributed by atoms with Crippen molar-refractivity contribution in [3.8, 4) is 11.5 Å². The minimum atomic E-state index is -0.224. The molecule has 0 amide bonds. The first-order chi connectivity index (χ1) is 11.1. The molecule has 3 aromatic rings. The standard InChI is InChI=1S/C17H15ClN2O3/c1-22-14-8-11-13(9-15(14)23-2)19-16(20-17(11)21)7-10-5-3-4-6-12(10)18/h3-6,8-9H,7H2,1-2H3,(H,19,20,21). The van der Waals surface area contributed by atoms with Crippen molar-refractivity contribution in [3.05, 3.63) is 63.2 Å². The molecule has 0 aliphatic carbocycles. The van der Waals surface area contributed by atoms with E-state index in [2.05, 4.69) is 9.97 Å². The van der Waals surface area contributed by atoms with E-state index in [4.69, 9.17) is 21.1 Å². The lowest BCUT2D eigenvalue weighted by molar-refractivity contribution is 0.355. The minimum absolute atomic E-state index is 0.224. The molecule has 0 unspecified atom stereocenters. The lowest BCUT2D eigenvalue weighted by atomic mass is 10.1. The zero-order valence-corrected chi connectivity index (χ0v) is 13.5. The van der Waals surface area contributed by atoms with Crippen LogP contribution in [0.25, 0.3) is 10.9 Å². The van der Waals surface area contributed by atoms with Gasteiger partial charge < -0.3 is 14.5 Å². The quantitative estimate of drug-likeness (QED) is 0.798. The molecule has 1 heterocycles. The van der Waals surface area contributed by atoms with Crippen LogP contribution in [-0.2, 0) is 6.42 Å². The molecule has 23 heavy (non-hydrogen) atoms. The number of hydrogen-bond acceptors (Lipinski definition) is 4. The van der Waals surface area contributed by atoms with Gasteiger partial charge in [0.25, 0.3) is 5.56 Å². The summed E-state index contributed by atoms with van der Waals surface area (Å²) in [6, 6.07) is 10.8. The van der Waals surface area contributed by atoms with Crippen molar-refractivity contribution < 1.29 is 9.47 Å². The predicted octanol–water partition coefficient (Wildman–Crippen LogP) is 3.18. The fourth-order valence-corrected chi connectivity index (χ4v) is 2.62. The highest BCUT2D eigenvalue weighted by Crippen LogP contribution is 2.30. The van der Waals surface area contributed by atoms with Gasteiger partial charge in [0.15, 0.2) is 11.5 Å². The van der Waals surface area contributed by atoms with Gasteiger partial charge in [-0.05, 0) is 17.7 Å². The Hall–Kier alpha value is -2.53. The van der Waals surface area contributed by atoms with Gasteiger partial charge in [0, 0.05) is 17.5 Å². The summed E-state index contributed by atoms with van der Waals surface area (Å²) in [5, 5.41) is 1.09. The number of H-pyrrole nitrogens is 1. The van der Waals surface area contributed by atoms with Gasteiger partial charge in [0.1, 0.15) is 5.82 Å². The van der Waals surface area contributed by atoms with E-state index >= 15 is 0 Å². The molecular formula is C17H15ClN2O3. The van der Waals surface area contributed by atoms with E-state index in [-0.39, 0.29) is 5.56 Å². The number of methoxy groups -OCH3 is 2. The maximum absolute atomic E-state index is 12.3. The maximum Gasteiger partial charge on any atom is 0.258 e. The number of halogens is 1. The maximum atomic E-state index is 12.3. The Morgan fingerprint density at radius 3 is 2.52 bits per heavy atom. The highest BCUT2D eigenvalue weighted by Gasteiger charge is 2.11. The van der Waals surface area contributed by atoms with Crippen LogP contribution in [0.4, 0.5) is 0 Å². The Labute approximate surface area is 137 Å².